The third kappa shape index (κ3) is 3.04. The summed E-state index contributed by atoms with van der Waals surface area (Å²) in [5.41, 5.74) is 0.551. The molecule has 0 radical (unpaired) electrons. The maximum atomic E-state index is 12.4. The molecule has 22 heavy (non-hydrogen) atoms. The number of hydrogen-bond donors (Lipinski definition) is 0. The third-order valence-electron chi connectivity index (χ3n) is 2.79. The van der Waals surface area contributed by atoms with Crippen molar-refractivity contribution in [1.29, 1.82) is 5.26 Å². The Morgan fingerprint density at radius 2 is 2.05 bits per heavy atom. The minimum absolute atomic E-state index is 0.000787. The van der Waals surface area contributed by atoms with Gasteiger partial charge in [0.1, 0.15) is 5.69 Å². The molecule has 0 saturated carbocycles. The summed E-state index contributed by atoms with van der Waals surface area (Å²) >= 11 is 0. The number of benzene rings is 1. The second-order valence-corrected chi connectivity index (χ2v) is 5.88. The van der Waals surface area contributed by atoms with Crippen LogP contribution in [0.2, 0.25) is 0 Å². The van der Waals surface area contributed by atoms with Crippen molar-refractivity contribution in [3.63, 3.8) is 0 Å². The first-order valence-corrected chi connectivity index (χ1v) is 7.84. The lowest BCUT2D eigenvalue weighted by molar-refractivity contribution is 0.327. The van der Waals surface area contributed by atoms with Gasteiger partial charge >= 0.3 is 10.1 Å². The highest BCUT2D eigenvalue weighted by molar-refractivity contribution is 7.87. The van der Waals surface area contributed by atoms with Crippen molar-refractivity contribution in [1.82, 2.24) is 5.16 Å². The van der Waals surface area contributed by atoms with Crippen LogP contribution in [0.25, 0.3) is 0 Å². The van der Waals surface area contributed by atoms with Gasteiger partial charge in [0.2, 0.25) is 0 Å². The summed E-state index contributed by atoms with van der Waals surface area (Å²) in [7, 11) is -4.11. The van der Waals surface area contributed by atoms with Gasteiger partial charge in [0.05, 0.1) is 18.2 Å². The summed E-state index contributed by atoms with van der Waals surface area (Å²) in [6.07, 6.45) is 0. The van der Waals surface area contributed by atoms with Crippen LogP contribution < -0.4 is 8.92 Å². The quantitative estimate of drug-likeness (QED) is 0.778. The molecule has 0 fully saturated rings. The summed E-state index contributed by atoms with van der Waals surface area (Å²) in [5.74, 6) is 0.321. The van der Waals surface area contributed by atoms with Crippen molar-refractivity contribution in [3.8, 4) is 17.6 Å². The molecule has 0 aliphatic rings. The van der Waals surface area contributed by atoms with Crippen LogP contribution in [0, 0.1) is 25.2 Å². The van der Waals surface area contributed by atoms with Crippen molar-refractivity contribution in [2.75, 3.05) is 6.61 Å². The van der Waals surface area contributed by atoms with E-state index in [4.69, 9.17) is 18.7 Å². The molecule has 8 heteroatoms. The van der Waals surface area contributed by atoms with Crippen LogP contribution in [0.4, 0.5) is 0 Å². The van der Waals surface area contributed by atoms with Crippen molar-refractivity contribution < 1.29 is 21.9 Å². The van der Waals surface area contributed by atoms with Crippen LogP contribution in [0.5, 0.6) is 11.5 Å². The predicted molar refractivity (Wildman–Crippen MR) is 76.1 cm³/mol. The van der Waals surface area contributed by atoms with E-state index in [0.29, 0.717) is 12.2 Å². The fourth-order valence-corrected chi connectivity index (χ4v) is 3.15. The van der Waals surface area contributed by atoms with E-state index in [1.807, 2.05) is 6.07 Å². The maximum absolute atomic E-state index is 12.4. The van der Waals surface area contributed by atoms with Crippen LogP contribution in [0.3, 0.4) is 0 Å². The van der Waals surface area contributed by atoms with E-state index < -0.39 is 10.1 Å². The van der Waals surface area contributed by atoms with E-state index in [1.165, 1.54) is 32.0 Å². The normalized spacial score (nSPS) is 11.0. The first-order valence-electron chi connectivity index (χ1n) is 6.43. The lowest BCUT2D eigenvalue weighted by atomic mass is 10.2. The Morgan fingerprint density at radius 3 is 2.59 bits per heavy atom. The van der Waals surface area contributed by atoms with E-state index >= 15 is 0 Å². The number of hydrogen-bond acceptors (Lipinski definition) is 7. The summed E-state index contributed by atoms with van der Waals surface area (Å²) in [6, 6.07) is 6.19. The lowest BCUT2D eigenvalue weighted by Crippen LogP contribution is -2.12. The molecule has 0 aliphatic heterocycles. The SMILES string of the molecule is CCOc1cc(C#N)ccc1OS(=O)(=O)c1c(C)noc1C. The lowest BCUT2D eigenvalue weighted by Gasteiger charge is -2.11. The topological polar surface area (TPSA) is 102 Å². The van der Waals surface area contributed by atoms with Gasteiger partial charge in [0.25, 0.3) is 0 Å². The zero-order valence-corrected chi connectivity index (χ0v) is 13.1. The number of aromatic nitrogens is 1. The fraction of sp³-hybridized carbons (Fsp3) is 0.286. The molecule has 0 atom stereocenters. The first-order chi connectivity index (χ1) is 10.4. The fourth-order valence-electron chi connectivity index (χ4n) is 1.91. The summed E-state index contributed by atoms with van der Waals surface area (Å²) < 4.78 is 40.0. The van der Waals surface area contributed by atoms with E-state index in [2.05, 4.69) is 5.16 Å². The largest absolute Gasteiger partial charge is 0.490 e. The van der Waals surface area contributed by atoms with Crippen LogP contribution in [-0.2, 0) is 10.1 Å². The molecule has 0 bridgehead atoms. The minimum Gasteiger partial charge on any atom is -0.490 e. The molecule has 0 spiro atoms. The summed E-state index contributed by atoms with van der Waals surface area (Å²) in [6.45, 7) is 5.04. The number of aryl methyl sites for hydroxylation is 2. The Kier molecular flexibility index (Phi) is 4.37. The Bertz CT molecular complexity index is 814. The highest BCUT2D eigenvalue weighted by Crippen LogP contribution is 2.32. The van der Waals surface area contributed by atoms with Crippen LogP contribution in [0.15, 0.2) is 27.6 Å². The summed E-state index contributed by atoms with van der Waals surface area (Å²) in [4.78, 5) is -0.112. The monoisotopic (exact) mass is 322 g/mol. The van der Waals surface area contributed by atoms with Gasteiger partial charge in [-0.1, -0.05) is 5.16 Å². The van der Waals surface area contributed by atoms with E-state index in [1.54, 1.807) is 6.92 Å². The maximum Gasteiger partial charge on any atom is 0.344 e. The molecule has 0 N–H and O–H groups in total. The molecular weight excluding hydrogens is 308 g/mol. The zero-order valence-electron chi connectivity index (χ0n) is 12.3. The number of nitriles is 1. The number of nitrogens with zero attached hydrogens (tertiary/aromatic N) is 2. The van der Waals surface area contributed by atoms with Gasteiger partial charge in [-0.2, -0.15) is 13.7 Å². The van der Waals surface area contributed by atoms with Gasteiger partial charge in [-0.3, -0.25) is 0 Å². The summed E-state index contributed by atoms with van der Waals surface area (Å²) in [5, 5.41) is 12.5. The molecule has 0 aliphatic carbocycles. The van der Waals surface area contributed by atoms with Gasteiger partial charge in [-0.25, -0.2) is 0 Å². The van der Waals surface area contributed by atoms with Crippen molar-refractivity contribution >= 4 is 10.1 Å². The second kappa shape index (κ2) is 6.07. The zero-order chi connectivity index (χ0) is 16.3. The Morgan fingerprint density at radius 1 is 1.32 bits per heavy atom. The highest BCUT2D eigenvalue weighted by Gasteiger charge is 2.27. The smallest absolute Gasteiger partial charge is 0.344 e. The standard InChI is InChI=1S/C14H14N2O5S/c1-4-19-13-7-11(8-15)5-6-12(13)21-22(17,18)14-9(2)16-20-10(14)3/h5-7H,4H2,1-3H3. The molecule has 1 aromatic carbocycles. The number of ether oxygens (including phenoxy) is 1. The third-order valence-corrected chi connectivity index (χ3v) is 4.27. The van der Waals surface area contributed by atoms with Gasteiger partial charge < -0.3 is 13.4 Å². The molecule has 7 nitrogen and oxygen atoms in total. The predicted octanol–water partition coefficient (Wildman–Crippen LogP) is 2.33. The highest BCUT2D eigenvalue weighted by atomic mass is 32.2. The molecular formula is C14H14N2O5S. The number of rotatable bonds is 5. The minimum atomic E-state index is -4.11. The van der Waals surface area contributed by atoms with Gasteiger partial charge in [0.15, 0.2) is 22.2 Å². The molecule has 0 amide bonds. The van der Waals surface area contributed by atoms with Crippen molar-refractivity contribution in [2.45, 2.75) is 25.7 Å². The molecule has 2 rings (SSSR count). The molecule has 0 saturated heterocycles. The van der Waals surface area contributed by atoms with E-state index in [0.717, 1.165) is 0 Å². The Labute approximate surface area is 128 Å². The van der Waals surface area contributed by atoms with Gasteiger partial charge in [-0.15, -0.1) is 0 Å². The molecule has 0 unspecified atom stereocenters. The van der Waals surface area contributed by atoms with Gasteiger partial charge in [-0.05, 0) is 32.9 Å². The molecule has 2 aromatic rings. The van der Waals surface area contributed by atoms with Gasteiger partial charge in [0, 0.05) is 6.07 Å². The van der Waals surface area contributed by atoms with Crippen molar-refractivity contribution in [2.24, 2.45) is 0 Å². The van der Waals surface area contributed by atoms with Crippen LogP contribution in [-0.4, -0.2) is 20.2 Å². The molecule has 1 aromatic heterocycles. The molecule has 1 heterocycles. The first kappa shape index (κ1) is 15.9. The van der Waals surface area contributed by atoms with Crippen molar-refractivity contribution in [3.05, 3.63) is 35.2 Å². The average Bonchev–Trinajstić information content (AvgIpc) is 2.80. The van der Waals surface area contributed by atoms with E-state index in [9.17, 15) is 8.42 Å². The van der Waals surface area contributed by atoms with Crippen LogP contribution in [0.1, 0.15) is 23.9 Å². The average molecular weight is 322 g/mol. The Balaban J connectivity index is 2.44. The Hall–Kier alpha value is -2.53. The van der Waals surface area contributed by atoms with E-state index in [-0.39, 0.29) is 27.8 Å². The van der Waals surface area contributed by atoms with Crippen LogP contribution >= 0.6 is 0 Å². The molecule has 116 valence electrons. The second-order valence-electron chi connectivity index (χ2n) is 4.40.